The van der Waals surface area contributed by atoms with Gasteiger partial charge in [0, 0.05) is 6.42 Å². The maximum absolute atomic E-state index is 13.1. The highest BCUT2D eigenvalue weighted by Crippen LogP contribution is 2.15. The Morgan fingerprint density at radius 3 is 1.51 bits per heavy atom. The fourth-order valence-electron chi connectivity index (χ4n) is 5.82. The van der Waals surface area contributed by atoms with Crippen LogP contribution < -0.4 is 5.32 Å². The molecule has 0 spiro atoms. The Morgan fingerprint density at radius 2 is 1.00 bits per heavy atom. The monoisotopic (exact) mass is 762 g/mol. The lowest BCUT2D eigenvalue weighted by atomic mass is 10.0. The summed E-state index contributed by atoms with van der Waals surface area (Å²) in [7, 11) is 0. The number of ether oxygens (including phenoxy) is 1. The van der Waals surface area contributed by atoms with E-state index in [4.69, 9.17) is 4.74 Å². The van der Waals surface area contributed by atoms with Gasteiger partial charge in [0.1, 0.15) is 6.10 Å². The molecule has 0 bridgehead atoms. The van der Waals surface area contributed by atoms with Gasteiger partial charge in [-0.3, -0.25) is 9.59 Å². The van der Waals surface area contributed by atoms with Gasteiger partial charge in [-0.1, -0.05) is 201 Å². The molecule has 0 saturated heterocycles. The number of esters is 1. The molecule has 3 unspecified atom stereocenters. The molecule has 0 aliphatic rings. The van der Waals surface area contributed by atoms with Crippen molar-refractivity contribution in [2.75, 3.05) is 6.61 Å². The van der Waals surface area contributed by atoms with Crippen molar-refractivity contribution in [2.24, 2.45) is 0 Å². The van der Waals surface area contributed by atoms with Gasteiger partial charge in [0.25, 0.3) is 0 Å². The third-order valence-corrected chi connectivity index (χ3v) is 9.07. The average molecular weight is 762 g/mol. The lowest BCUT2D eigenvalue weighted by Gasteiger charge is -2.24. The Morgan fingerprint density at radius 1 is 0.545 bits per heavy atom. The van der Waals surface area contributed by atoms with Crippen molar-refractivity contribution in [1.29, 1.82) is 0 Å². The number of aliphatic hydroxyl groups is 2. The van der Waals surface area contributed by atoms with Crippen LogP contribution in [0.4, 0.5) is 0 Å². The summed E-state index contributed by atoms with van der Waals surface area (Å²) in [5.74, 6) is -0.610. The minimum Gasteiger partial charge on any atom is -0.462 e. The van der Waals surface area contributed by atoms with Crippen LogP contribution >= 0.6 is 0 Å². The van der Waals surface area contributed by atoms with Gasteiger partial charge in [0.15, 0.2) is 0 Å². The quantitative estimate of drug-likeness (QED) is 0.0336. The van der Waals surface area contributed by atoms with Gasteiger partial charge in [-0.15, -0.1) is 0 Å². The van der Waals surface area contributed by atoms with Gasteiger partial charge < -0.3 is 20.3 Å². The highest BCUT2D eigenvalue weighted by Gasteiger charge is 2.23. The highest BCUT2D eigenvalue weighted by molar-refractivity contribution is 5.77. The smallest absolute Gasteiger partial charge is 0.306 e. The van der Waals surface area contributed by atoms with Crippen molar-refractivity contribution < 1.29 is 24.5 Å². The molecule has 0 saturated carbocycles. The second kappa shape index (κ2) is 41.7. The Hall–Kier alpha value is -3.48. The number of aliphatic hydroxyl groups excluding tert-OH is 2. The van der Waals surface area contributed by atoms with Crippen LogP contribution in [-0.2, 0) is 14.3 Å². The SMILES string of the molecule is CC/C=C/C=C/C=C\C=C/C=C/CCCC(CC(=O)NC(CO)C(O)CCCCCCCCCCCC)OC(=O)CCCCC\C=C/C=C\C=C\C=C\CC. The zero-order valence-electron chi connectivity index (χ0n) is 35.0. The lowest BCUT2D eigenvalue weighted by molar-refractivity contribution is -0.151. The van der Waals surface area contributed by atoms with Gasteiger partial charge in [-0.05, 0) is 57.8 Å². The van der Waals surface area contributed by atoms with E-state index in [1.807, 2.05) is 85.1 Å². The molecule has 0 aromatic rings. The van der Waals surface area contributed by atoms with Crippen molar-refractivity contribution >= 4 is 11.9 Å². The number of rotatable bonds is 36. The number of nitrogens with one attached hydrogen (secondary N) is 1. The first-order valence-electron chi connectivity index (χ1n) is 21.7. The molecule has 0 aliphatic heterocycles. The molecule has 310 valence electrons. The molecule has 55 heavy (non-hydrogen) atoms. The number of carbonyl (C=O) groups is 2. The number of amides is 1. The van der Waals surface area contributed by atoms with Crippen LogP contribution in [0.3, 0.4) is 0 Å². The van der Waals surface area contributed by atoms with Gasteiger partial charge in [-0.2, -0.15) is 0 Å². The molecule has 1 amide bonds. The van der Waals surface area contributed by atoms with Crippen molar-refractivity contribution in [3.8, 4) is 0 Å². The van der Waals surface area contributed by atoms with E-state index in [0.29, 0.717) is 19.3 Å². The molecule has 6 heteroatoms. The maximum atomic E-state index is 13.1. The van der Waals surface area contributed by atoms with Gasteiger partial charge in [-0.25, -0.2) is 0 Å². The molecular formula is C49H79NO5. The minimum atomic E-state index is -0.818. The van der Waals surface area contributed by atoms with Crippen LogP contribution in [0.1, 0.15) is 162 Å². The summed E-state index contributed by atoms with van der Waals surface area (Å²) in [6.45, 7) is 6.12. The topological polar surface area (TPSA) is 95.9 Å². The number of hydrogen-bond donors (Lipinski definition) is 3. The molecule has 0 radical (unpaired) electrons. The Balaban J connectivity index is 4.86. The van der Waals surface area contributed by atoms with Gasteiger partial charge in [0.2, 0.25) is 5.91 Å². The van der Waals surface area contributed by atoms with E-state index in [2.05, 4.69) is 50.4 Å². The Bertz CT molecular complexity index is 1170. The summed E-state index contributed by atoms with van der Waals surface area (Å²) in [5.41, 5.74) is 0. The Kier molecular flexibility index (Phi) is 39.0. The van der Waals surface area contributed by atoms with Crippen LogP contribution in [0.2, 0.25) is 0 Å². The molecule has 0 heterocycles. The molecule has 0 aromatic heterocycles. The van der Waals surface area contributed by atoms with Crippen LogP contribution in [0, 0.1) is 0 Å². The summed E-state index contributed by atoms with van der Waals surface area (Å²) >= 11 is 0. The number of hydrogen-bond acceptors (Lipinski definition) is 5. The normalized spacial score (nSPS) is 14.5. The summed E-state index contributed by atoms with van der Waals surface area (Å²) in [4.78, 5) is 25.9. The van der Waals surface area contributed by atoms with E-state index in [0.717, 1.165) is 70.6 Å². The molecule has 0 aromatic carbocycles. The third-order valence-electron chi connectivity index (χ3n) is 9.07. The number of allylic oxidation sites excluding steroid dienone is 18. The van der Waals surface area contributed by atoms with E-state index >= 15 is 0 Å². The summed E-state index contributed by atoms with van der Waals surface area (Å²) in [6.07, 6.45) is 55.8. The molecule has 3 N–H and O–H groups in total. The summed E-state index contributed by atoms with van der Waals surface area (Å²) in [5, 5.41) is 23.5. The second-order valence-electron chi connectivity index (χ2n) is 14.2. The van der Waals surface area contributed by atoms with E-state index in [9.17, 15) is 19.8 Å². The lowest BCUT2D eigenvalue weighted by Crippen LogP contribution is -2.46. The van der Waals surface area contributed by atoms with Gasteiger partial charge >= 0.3 is 5.97 Å². The number of carbonyl (C=O) groups excluding carboxylic acids is 2. The molecule has 6 nitrogen and oxygen atoms in total. The first-order valence-corrected chi connectivity index (χ1v) is 21.7. The van der Waals surface area contributed by atoms with Crippen molar-refractivity contribution in [2.45, 2.75) is 180 Å². The fourth-order valence-corrected chi connectivity index (χ4v) is 5.82. The van der Waals surface area contributed by atoms with E-state index in [1.54, 1.807) is 0 Å². The second-order valence-corrected chi connectivity index (χ2v) is 14.2. The van der Waals surface area contributed by atoms with E-state index in [-0.39, 0.29) is 24.9 Å². The predicted octanol–water partition coefficient (Wildman–Crippen LogP) is 12.4. The standard InChI is InChI=1S/C49H79NO5/c1-4-7-10-13-16-19-22-24-26-28-31-34-37-40-45(55-49(54)42-39-36-33-30-27-25-23-20-17-14-11-8-5-2)43-48(53)50-46(44-51)47(52)41-38-35-32-29-21-18-15-12-9-6-3/h7-8,10-11,13-14,16-17,19-20,22-28,31,45-47,51-52H,4-6,9,12,15,18,21,29-30,32-44H2,1-3H3,(H,50,53)/b10-7+,11-8+,16-13+,17-14+,22-19-,23-20-,26-24-,27-25-,31-28+. The van der Waals surface area contributed by atoms with Crippen LogP contribution in [0.25, 0.3) is 0 Å². The highest BCUT2D eigenvalue weighted by atomic mass is 16.5. The molecule has 3 atom stereocenters. The van der Waals surface area contributed by atoms with Crippen LogP contribution in [0.5, 0.6) is 0 Å². The summed E-state index contributed by atoms with van der Waals surface area (Å²) in [6, 6.07) is -0.738. The minimum absolute atomic E-state index is 0.00494. The van der Waals surface area contributed by atoms with Gasteiger partial charge in [0.05, 0.1) is 25.2 Å². The predicted molar refractivity (Wildman–Crippen MR) is 236 cm³/mol. The molecule has 0 fully saturated rings. The molecule has 0 rings (SSSR count). The maximum Gasteiger partial charge on any atom is 0.306 e. The van der Waals surface area contributed by atoms with Crippen LogP contribution in [0.15, 0.2) is 109 Å². The summed E-state index contributed by atoms with van der Waals surface area (Å²) < 4.78 is 5.83. The third kappa shape index (κ3) is 37.2. The zero-order chi connectivity index (χ0) is 40.3. The van der Waals surface area contributed by atoms with Crippen molar-refractivity contribution in [3.63, 3.8) is 0 Å². The van der Waals surface area contributed by atoms with Crippen molar-refractivity contribution in [3.05, 3.63) is 109 Å². The van der Waals surface area contributed by atoms with Crippen LogP contribution in [-0.4, -0.2) is 46.9 Å². The fraction of sp³-hybridized carbons (Fsp3) is 0.592. The van der Waals surface area contributed by atoms with E-state index in [1.165, 1.54) is 44.9 Å². The largest absolute Gasteiger partial charge is 0.462 e. The molecule has 0 aliphatic carbocycles. The number of unbranched alkanes of at least 4 members (excludes halogenated alkanes) is 13. The molecular weight excluding hydrogens is 683 g/mol. The van der Waals surface area contributed by atoms with E-state index < -0.39 is 18.2 Å². The first-order chi connectivity index (χ1) is 27.0. The zero-order valence-corrected chi connectivity index (χ0v) is 35.0. The first kappa shape index (κ1) is 51.5. The van der Waals surface area contributed by atoms with Crippen molar-refractivity contribution in [1.82, 2.24) is 5.32 Å². The average Bonchev–Trinajstić information content (AvgIpc) is 3.18. The Labute approximate surface area is 337 Å².